The number of non-ortho nitro benzene ring substituents is 1. The molecule has 2 fully saturated rings. The van der Waals surface area contributed by atoms with Crippen molar-refractivity contribution in [2.45, 2.75) is 37.4 Å². The van der Waals surface area contributed by atoms with Gasteiger partial charge >= 0.3 is 0 Å². The van der Waals surface area contributed by atoms with E-state index in [1.54, 1.807) is 24.3 Å². The summed E-state index contributed by atoms with van der Waals surface area (Å²) in [7, 11) is 0. The van der Waals surface area contributed by atoms with Crippen molar-refractivity contribution in [3.63, 3.8) is 0 Å². The molecule has 232 valence electrons. The second kappa shape index (κ2) is 11.4. The second-order valence-corrected chi connectivity index (χ2v) is 11.4. The SMILES string of the molecule is O=C1C2N=NN(CC(=O)N3N=C4/C(=C/c5ccc(F)cc5)CCCC4C3c3ccc(F)cc3)C2C(=O)N1c1ccc([N+](=O)[O-])cc1. The van der Waals surface area contributed by atoms with Crippen molar-refractivity contribution in [1.82, 2.24) is 10.0 Å². The van der Waals surface area contributed by atoms with E-state index in [1.165, 1.54) is 53.5 Å². The quantitative estimate of drug-likeness (QED) is 0.215. The lowest BCUT2D eigenvalue weighted by molar-refractivity contribution is -0.384. The first kappa shape index (κ1) is 29.1. The van der Waals surface area contributed by atoms with Gasteiger partial charge in [-0.05, 0) is 78.4 Å². The van der Waals surface area contributed by atoms with Crippen molar-refractivity contribution in [3.8, 4) is 0 Å². The fraction of sp³-hybridized carbons (Fsp3) is 0.250. The summed E-state index contributed by atoms with van der Waals surface area (Å²) in [6.07, 6.45) is 4.16. The molecular formula is C32H25F2N7O5. The zero-order valence-corrected chi connectivity index (χ0v) is 24.1. The highest BCUT2D eigenvalue weighted by molar-refractivity contribution is 6.25. The minimum absolute atomic E-state index is 0.142. The highest BCUT2D eigenvalue weighted by Crippen LogP contribution is 2.45. The van der Waals surface area contributed by atoms with Crippen LogP contribution in [-0.4, -0.2) is 57.0 Å². The van der Waals surface area contributed by atoms with E-state index in [9.17, 15) is 33.3 Å². The van der Waals surface area contributed by atoms with E-state index >= 15 is 0 Å². The smallest absolute Gasteiger partial charge is 0.269 e. The zero-order valence-electron chi connectivity index (χ0n) is 24.1. The molecule has 3 aromatic rings. The number of carbonyl (C=O) groups is 3. The van der Waals surface area contributed by atoms with E-state index in [-0.39, 0.29) is 23.1 Å². The van der Waals surface area contributed by atoms with Crippen molar-refractivity contribution >= 4 is 40.9 Å². The number of hydrogen-bond acceptors (Lipinski definition) is 9. The number of anilines is 1. The molecule has 14 heteroatoms. The van der Waals surface area contributed by atoms with Gasteiger partial charge in [0.15, 0.2) is 12.1 Å². The van der Waals surface area contributed by atoms with E-state index in [0.717, 1.165) is 33.9 Å². The largest absolute Gasteiger partial charge is 0.271 e. The number of fused-ring (bicyclic) bond motifs is 2. The van der Waals surface area contributed by atoms with Gasteiger partial charge in [-0.2, -0.15) is 10.2 Å². The molecule has 0 aromatic heterocycles. The Labute approximate surface area is 260 Å². The Hall–Kier alpha value is -5.66. The minimum atomic E-state index is -1.18. The number of hydrazone groups is 1. The first-order valence-electron chi connectivity index (χ1n) is 14.6. The molecule has 1 aliphatic carbocycles. The van der Waals surface area contributed by atoms with Crippen molar-refractivity contribution in [2.24, 2.45) is 21.4 Å². The molecule has 0 N–H and O–H groups in total. The predicted octanol–water partition coefficient (Wildman–Crippen LogP) is 4.99. The Morgan fingerprint density at radius 2 is 1.61 bits per heavy atom. The summed E-state index contributed by atoms with van der Waals surface area (Å²) in [5.74, 6) is -2.81. The number of nitro groups is 1. The Morgan fingerprint density at radius 1 is 0.935 bits per heavy atom. The van der Waals surface area contributed by atoms with Crippen LogP contribution in [0.25, 0.3) is 6.08 Å². The maximum Gasteiger partial charge on any atom is 0.269 e. The molecule has 3 amide bonds. The van der Waals surface area contributed by atoms with Gasteiger partial charge in [-0.25, -0.2) is 18.7 Å². The average molecular weight is 626 g/mol. The van der Waals surface area contributed by atoms with Gasteiger partial charge in [0.1, 0.15) is 18.2 Å². The summed E-state index contributed by atoms with van der Waals surface area (Å²) in [4.78, 5) is 52.0. The molecule has 0 radical (unpaired) electrons. The Balaban J connectivity index is 1.17. The number of hydrogen-bond donors (Lipinski definition) is 0. The highest BCUT2D eigenvalue weighted by atomic mass is 19.1. The van der Waals surface area contributed by atoms with E-state index in [1.807, 2.05) is 6.08 Å². The molecular weight excluding hydrogens is 600 g/mol. The lowest BCUT2D eigenvalue weighted by atomic mass is 9.77. The Bertz CT molecular complexity index is 1840. The fourth-order valence-electron chi connectivity index (χ4n) is 6.50. The van der Waals surface area contributed by atoms with Crippen LogP contribution >= 0.6 is 0 Å². The van der Waals surface area contributed by atoms with Crippen LogP contribution in [0, 0.1) is 27.7 Å². The van der Waals surface area contributed by atoms with Crippen LogP contribution in [-0.2, 0) is 14.4 Å². The van der Waals surface area contributed by atoms with Gasteiger partial charge in [0.25, 0.3) is 23.4 Å². The van der Waals surface area contributed by atoms with Crippen LogP contribution in [0.1, 0.15) is 36.4 Å². The van der Waals surface area contributed by atoms with Gasteiger partial charge in [0, 0.05) is 18.1 Å². The molecule has 3 heterocycles. The van der Waals surface area contributed by atoms with Crippen LogP contribution in [0.2, 0.25) is 0 Å². The van der Waals surface area contributed by atoms with Crippen LogP contribution in [0.4, 0.5) is 20.2 Å². The van der Waals surface area contributed by atoms with Crippen molar-refractivity contribution in [2.75, 3.05) is 11.4 Å². The number of halogens is 2. The van der Waals surface area contributed by atoms with E-state index in [2.05, 4.69) is 10.3 Å². The maximum absolute atomic E-state index is 14.0. The Morgan fingerprint density at radius 3 is 2.28 bits per heavy atom. The van der Waals surface area contributed by atoms with Crippen molar-refractivity contribution in [3.05, 3.63) is 111 Å². The number of allylic oxidation sites excluding steroid dienone is 1. The van der Waals surface area contributed by atoms with Crippen LogP contribution in [0.15, 0.2) is 93.8 Å². The lowest BCUT2D eigenvalue weighted by Gasteiger charge is -2.30. The van der Waals surface area contributed by atoms with E-state index in [4.69, 9.17) is 5.10 Å². The zero-order chi connectivity index (χ0) is 32.1. The summed E-state index contributed by atoms with van der Waals surface area (Å²) in [5, 5.41) is 26.3. The number of rotatable bonds is 6. The second-order valence-electron chi connectivity index (χ2n) is 11.4. The lowest BCUT2D eigenvalue weighted by Crippen LogP contribution is -2.45. The van der Waals surface area contributed by atoms with Crippen molar-refractivity contribution < 1.29 is 28.1 Å². The molecule has 46 heavy (non-hydrogen) atoms. The molecule has 4 atom stereocenters. The third kappa shape index (κ3) is 5.01. The number of carbonyl (C=O) groups excluding carboxylic acids is 3. The molecule has 1 saturated heterocycles. The van der Waals surface area contributed by atoms with E-state index in [0.29, 0.717) is 17.7 Å². The fourth-order valence-corrected chi connectivity index (χ4v) is 6.50. The van der Waals surface area contributed by atoms with Gasteiger partial charge < -0.3 is 0 Å². The highest BCUT2D eigenvalue weighted by Gasteiger charge is 2.55. The minimum Gasteiger partial charge on any atom is -0.271 e. The monoisotopic (exact) mass is 625 g/mol. The molecule has 12 nitrogen and oxygen atoms in total. The maximum atomic E-state index is 14.0. The number of nitro benzene ring substituents is 1. The molecule has 3 aromatic carbocycles. The predicted molar refractivity (Wildman–Crippen MR) is 160 cm³/mol. The molecule has 0 spiro atoms. The van der Waals surface area contributed by atoms with Gasteiger partial charge in [-0.3, -0.25) is 29.5 Å². The van der Waals surface area contributed by atoms with Crippen molar-refractivity contribution in [1.29, 1.82) is 0 Å². The van der Waals surface area contributed by atoms with Gasteiger partial charge in [-0.1, -0.05) is 29.5 Å². The molecule has 0 bridgehead atoms. The Kier molecular flexibility index (Phi) is 7.18. The molecule has 1 saturated carbocycles. The third-order valence-electron chi connectivity index (χ3n) is 8.65. The first-order valence-corrected chi connectivity index (χ1v) is 14.6. The van der Waals surface area contributed by atoms with Crippen LogP contribution in [0.3, 0.4) is 0 Å². The van der Waals surface area contributed by atoms with Gasteiger partial charge in [-0.15, -0.1) is 0 Å². The summed E-state index contributed by atoms with van der Waals surface area (Å²) in [6.45, 7) is -0.421. The van der Waals surface area contributed by atoms with Gasteiger partial charge in [0.2, 0.25) is 0 Å². The number of benzene rings is 3. The average Bonchev–Trinajstić information content (AvgIpc) is 3.72. The van der Waals surface area contributed by atoms with Crippen LogP contribution in [0.5, 0.6) is 0 Å². The molecule has 4 aliphatic rings. The summed E-state index contributed by atoms with van der Waals surface area (Å²) in [6, 6.07) is 14.0. The van der Waals surface area contributed by atoms with E-state index < -0.39 is 53.1 Å². The topological polar surface area (TPSA) is 141 Å². The number of amides is 3. The molecule has 4 unspecified atom stereocenters. The summed E-state index contributed by atoms with van der Waals surface area (Å²) < 4.78 is 27.4. The van der Waals surface area contributed by atoms with Gasteiger partial charge in [0.05, 0.1) is 22.4 Å². The third-order valence-corrected chi connectivity index (χ3v) is 8.65. The normalized spacial score (nSPS) is 24.4. The summed E-state index contributed by atoms with van der Waals surface area (Å²) in [5.41, 5.74) is 3.02. The molecule has 7 rings (SSSR count). The van der Waals surface area contributed by atoms with Crippen LogP contribution < -0.4 is 4.90 Å². The first-order chi connectivity index (χ1) is 22.2. The standard InChI is InChI=1S/C32H25F2N7O5/c33-21-8-4-18(5-9-21)16-20-2-1-3-25-27(20)36-40(29(25)19-6-10-22(34)11-7-19)26(42)17-38-30-28(35-37-38)31(43)39(32(30)44)23-12-14-24(15-13-23)41(45)46/h4-16,25,28-30H,1-3,17H2/b20-16+. The summed E-state index contributed by atoms with van der Waals surface area (Å²) >= 11 is 0. The molecule has 3 aliphatic heterocycles. The number of nitrogens with zero attached hydrogens (tertiary/aromatic N) is 7. The number of imide groups is 1.